The van der Waals surface area contributed by atoms with E-state index in [9.17, 15) is 23.2 Å². The number of carbonyl (C=O) groups is 3. The van der Waals surface area contributed by atoms with Gasteiger partial charge < -0.3 is 25.0 Å². The summed E-state index contributed by atoms with van der Waals surface area (Å²) in [6.45, 7) is 4.15. The maximum atomic E-state index is 14.0. The van der Waals surface area contributed by atoms with E-state index in [1.54, 1.807) is 4.90 Å². The normalized spacial score (nSPS) is 25.9. The van der Waals surface area contributed by atoms with Crippen LogP contribution in [0.15, 0.2) is 18.2 Å². The number of hydrogen-bond acceptors (Lipinski definition) is 6. The molecule has 2 N–H and O–H groups in total. The molecule has 2 aliphatic heterocycles. The number of nitrogens with zero attached hydrogens (tertiary/aromatic N) is 2. The van der Waals surface area contributed by atoms with E-state index in [1.807, 2.05) is 0 Å². The lowest BCUT2D eigenvalue weighted by atomic mass is 9.77. The minimum Gasteiger partial charge on any atom is -0.433 e. The third-order valence-electron chi connectivity index (χ3n) is 7.92. The fourth-order valence-electron chi connectivity index (χ4n) is 5.50. The highest BCUT2D eigenvalue weighted by molar-refractivity contribution is 5.98. The lowest BCUT2D eigenvalue weighted by Gasteiger charge is -2.39. The maximum Gasteiger partial charge on any atom is 0.410 e. The number of carbonyl (C=O) groups excluding carboxylic acids is 3. The molecule has 1 saturated carbocycles. The third kappa shape index (κ3) is 6.21. The van der Waals surface area contributed by atoms with E-state index in [-0.39, 0.29) is 17.3 Å². The summed E-state index contributed by atoms with van der Waals surface area (Å²) in [5.41, 5.74) is 4.39. The molecule has 3 fully saturated rings. The number of ether oxygens (including phenoxy) is 2. The highest BCUT2D eigenvalue weighted by Gasteiger charge is 2.45. The number of piperidine rings is 1. The molecule has 2 amide bonds. The van der Waals surface area contributed by atoms with Crippen LogP contribution in [0.5, 0.6) is 0 Å². The molecule has 4 rings (SSSR count). The Bertz CT molecular complexity index is 953. The van der Waals surface area contributed by atoms with Gasteiger partial charge in [-0.15, -0.1) is 0 Å². The Morgan fingerprint density at radius 1 is 1.03 bits per heavy atom. The van der Waals surface area contributed by atoms with Gasteiger partial charge in [0.05, 0.1) is 18.8 Å². The molecule has 10 heteroatoms. The second-order valence-corrected chi connectivity index (χ2v) is 10.2. The number of benzene rings is 1. The van der Waals surface area contributed by atoms with Crippen molar-refractivity contribution in [2.24, 2.45) is 17.6 Å². The molecule has 0 aromatic heterocycles. The van der Waals surface area contributed by atoms with Crippen LogP contribution in [0.2, 0.25) is 0 Å². The van der Waals surface area contributed by atoms with Crippen molar-refractivity contribution in [3.8, 4) is 0 Å². The Kier molecular flexibility index (Phi) is 8.56. The number of Topliss-reactive ketones (excluding diaryl/α,β-unsaturated/α-hetero) is 1. The molecular formula is C26H35F2N3O5. The van der Waals surface area contributed by atoms with E-state index in [0.717, 1.165) is 51.0 Å². The summed E-state index contributed by atoms with van der Waals surface area (Å²) in [4.78, 5) is 41.3. The summed E-state index contributed by atoms with van der Waals surface area (Å²) in [5, 5.41) is 0. The van der Waals surface area contributed by atoms with Crippen LogP contribution in [-0.2, 0) is 14.3 Å². The summed E-state index contributed by atoms with van der Waals surface area (Å²) in [5.74, 6) is -2.20. The Balaban J connectivity index is 1.21. The highest BCUT2D eigenvalue weighted by Crippen LogP contribution is 2.37. The molecular weight excluding hydrogens is 472 g/mol. The molecule has 36 heavy (non-hydrogen) atoms. The SMILES string of the molecule is NC(=O)C1(OC(=O)N2CCOCC2)CCC(CCN2CCC(C(=O)c3ccc(F)cc3F)CC2)CC1. The summed E-state index contributed by atoms with van der Waals surface area (Å²) < 4.78 is 38.1. The van der Waals surface area contributed by atoms with Gasteiger partial charge in [-0.2, -0.15) is 0 Å². The Morgan fingerprint density at radius 2 is 1.69 bits per heavy atom. The number of amides is 2. The van der Waals surface area contributed by atoms with Crippen molar-refractivity contribution in [2.45, 2.75) is 50.5 Å². The van der Waals surface area contributed by atoms with Gasteiger partial charge in [-0.1, -0.05) is 0 Å². The number of rotatable bonds is 7. The van der Waals surface area contributed by atoms with E-state index in [4.69, 9.17) is 15.2 Å². The molecule has 198 valence electrons. The van der Waals surface area contributed by atoms with E-state index in [2.05, 4.69) is 4.90 Å². The molecule has 1 aromatic rings. The monoisotopic (exact) mass is 507 g/mol. The van der Waals surface area contributed by atoms with Crippen LogP contribution >= 0.6 is 0 Å². The quantitative estimate of drug-likeness (QED) is 0.569. The lowest BCUT2D eigenvalue weighted by molar-refractivity contribution is -0.143. The van der Waals surface area contributed by atoms with E-state index < -0.39 is 29.2 Å². The highest BCUT2D eigenvalue weighted by atomic mass is 19.1. The third-order valence-corrected chi connectivity index (χ3v) is 7.92. The van der Waals surface area contributed by atoms with Crippen LogP contribution in [0.1, 0.15) is 55.3 Å². The molecule has 1 aromatic carbocycles. The van der Waals surface area contributed by atoms with Gasteiger partial charge in [-0.05, 0) is 82.6 Å². The zero-order chi connectivity index (χ0) is 25.7. The Labute approximate surface area is 210 Å². The first-order chi connectivity index (χ1) is 17.3. The van der Waals surface area contributed by atoms with Gasteiger partial charge in [0.15, 0.2) is 11.4 Å². The van der Waals surface area contributed by atoms with Crippen LogP contribution in [0.3, 0.4) is 0 Å². The number of nitrogens with two attached hydrogens (primary N) is 1. The first-order valence-corrected chi connectivity index (χ1v) is 12.8. The number of halogens is 2. The summed E-state index contributed by atoms with van der Waals surface area (Å²) in [6.07, 6.45) is 4.05. The first kappa shape index (κ1) is 26.5. The van der Waals surface area contributed by atoms with E-state index in [0.29, 0.717) is 57.9 Å². The van der Waals surface area contributed by atoms with Crippen LogP contribution < -0.4 is 5.73 Å². The fourth-order valence-corrected chi connectivity index (χ4v) is 5.50. The molecule has 1 aliphatic carbocycles. The van der Waals surface area contributed by atoms with Crippen molar-refractivity contribution >= 4 is 17.8 Å². The molecule has 0 atom stereocenters. The van der Waals surface area contributed by atoms with Gasteiger partial charge in [-0.3, -0.25) is 9.59 Å². The predicted molar refractivity (Wildman–Crippen MR) is 127 cm³/mol. The summed E-state index contributed by atoms with van der Waals surface area (Å²) >= 11 is 0. The van der Waals surface area contributed by atoms with Gasteiger partial charge in [0.1, 0.15) is 11.6 Å². The van der Waals surface area contributed by atoms with Crippen molar-refractivity contribution in [3.63, 3.8) is 0 Å². The maximum absolute atomic E-state index is 14.0. The van der Waals surface area contributed by atoms with Crippen LogP contribution in [0.25, 0.3) is 0 Å². The minimum absolute atomic E-state index is 0.0377. The zero-order valence-electron chi connectivity index (χ0n) is 20.6. The van der Waals surface area contributed by atoms with Gasteiger partial charge in [0, 0.05) is 25.1 Å². The van der Waals surface area contributed by atoms with Crippen molar-refractivity contribution in [2.75, 3.05) is 45.9 Å². The molecule has 0 spiro atoms. The summed E-state index contributed by atoms with van der Waals surface area (Å²) in [7, 11) is 0. The van der Waals surface area contributed by atoms with Crippen molar-refractivity contribution in [3.05, 3.63) is 35.4 Å². The molecule has 3 aliphatic rings. The predicted octanol–water partition coefficient (Wildman–Crippen LogP) is 3.13. The van der Waals surface area contributed by atoms with E-state index >= 15 is 0 Å². The van der Waals surface area contributed by atoms with Gasteiger partial charge >= 0.3 is 6.09 Å². The van der Waals surface area contributed by atoms with Crippen LogP contribution in [0, 0.1) is 23.5 Å². The van der Waals surface area contributed by atoms with Gasteiger partial charge in [-0.25, -0.2) is 13.6 Å². The van der Waals surface area contributed by atoms with Crippen molar-refractivity contribution in [1.82, 2.24) is 9.80 Å². The van der Waals surface area contributed by atoms with Crippen LogP contribution in [-0.4, -0.2) is 79.1 Å². The topological polar surface area (TPSA) is 102 Å². The molecule has 2 heterocycles. The van der Waals surface area contributed by atoms with Gasteiger partial charge in [0.25, 0.3) is 5.91 Å². The average Bonchev–Trinajstić information content (AvgIpc) is 2.88. The average molecular weight is 508 g/mol. The second-order valence-electron chi connectivity index (χ2n) is 10.2. The Morgan fingerprint density at radius 3 is 2.31 bits per heavy atom. The number of morpholine rings is 1. The second kappa shape index (κ2) is 11.6. The van der Waals surface area contributed by atoms with Crippen molar-refractivity contribution in [1.29, 1.82) is 0 Å². The minimum atomic E-state index is -1.25. The fraction of sp³-hybridized carbons (Fsp3) is 0.654. The zero-order valence-corrected chi connectivity index (χ0v) is 20.6. The van der Waals surface area contributed by atoms with E-state index in [1.165, 1.54) is 6.07 Å². The molecule has 0 unspecified atom stereocenters. The molecule has 0 radical (unpaired) electrons. The van der Waals surface area contributed by atoms with Gasteiger partial charge in [0.2, 0.25) is 0 Å². The largest absolute Gasteiger partial charge is 0.433 e. The standard InChI is InChI=1S/C26H35F2N3O5/c27-20-1-2-21(22(28)17-20)23(32)19-6-11-30(12-7-19)10-5-18-3-8-26(9-4-18,24(29)33)36-25(34)31-13-15-35-16-14-31/h1-2,17-19H,3-16H2,(H2,29,33). The molecule has 0 bridgehead atoms. The Hall–Kier alpha value is -2.59. The van der Waals surface area contributed by atoms with Crippen LogP contribution in [0.4, 0.5) is 13.6 Å². The van der Waals surface area contributed by atoms with Crippen molar-refractivity contribution < 1.29 is 32.6 Å². The smallest absolute Gasteiger partial charge is 0.410 e. The number of likely N-dealkylation sites (tertiary alicyclic amines) is 1. The number of ketones is 1. The molecule has 2 saturated heterocycles. The number of hydrogen-bond donors (Lipinski definition) is 1. The lowest BCUT2D eigenvalue weighted by Crippen LogP contribution is -2.53. The summed E-state index contributed by atoms with van der Waals surface area (Å²) in [6, 6.07) is 3.10. The first-order valence-electron chi connectivity index (χ1n) is 12.8. The molecule has 8 nitrogen and oxygen atoms in total. The number of primary amides is 1.